The molecule has 1 aromatic heterocycles. The molecule has 0 saturated heterocycles. The third kappa shape index (κ3) is 1.96. The Morgan fingerprint density at radius 2 is 1.86 bits per heavy atom. The Hall–Kier alpha value is -3.38. The van der Waals surface area contributed by atoms with Crippen LogP contribution in [0.4, 0.5) is 0 Å². The molecule has 2 aromatic rings. The summed E-state index contributed by atoms with van der Waals surface area (Å²) in [6, 6.07) is 8.74. The minimum absolute atomic E-state index is 0.0521. The van der Waals surface area contributed by atoms with Gasteiger partial charge in [-0.25, -0.2) is 4.79 Å². The number of Topliss-reactive ketones (excluding diaryl/α,β-unsaturated/α-hetero) is 1. The van der Waals surface area contributed by atoms with Gasteiger partial charge in [-0.3, -0.25) is 4.79 Å². The first kappa shape index (κ1) is 12.6. The molecule has 21 heavy (non-hydrogen) atoms. The predicted octanol–water partition coefficient (Wildman–Crippen LogP) is 0.602. The number of benzene rings is 1. The lowest BCUT2D eigenvalue weighted by atomic mass is 9.98. The predicted molar refractivity (Wildman–Crippen MR) is 69.9 cm³/mol. The van der Waals surface area contributed by atoms with Gasteiger partial charge in [0.15, 0.2) is 5.69 Å². The normalized spacial score (nSPS) is 13.4. The van der Waals surface area contributed by atoms with Gasteiger partial charge in [-0.1, -0.05) is 18.2 Å². The Morgan fingerprint density at radius 1 is 1.19 bits per heavy atom. The standard InChI is InChI=1S/C13H7N5O3/c14-15-9-6-8(13(20)21)10-11(12(9)19)17-18(16-10)7-4-2-1-3-5-7/h1-6H,(H,20,21). The molecule has 0 atom stereocenters. The number of carbonyl (C=O) groups is 2. The molecule has 1 aromatic carbocycles. The Kier molecular flexibility index (Phi) is 2.78. The van der Waals surface area contributed by atoms with Crippen LogP contribution >= 0.6 is 0 Å². The molecule has 0 aliphatic heterocycles. The van der Waals surface area contributed by atoms with Crippen molar-refractivity contribution in [2.75, 3.05) is 0 Å². The minimum atomic E-state index is -1.29. The van der Waals surface area contributed by atoms with Crippen molar-refractivity contribution in [3.8, 4) is 5.69 Å². The summed E-state index contributed by atoms with van der Waals surface area (Å²) in [4.78, 5) is 27.2. The molecule has 0 spiro atoms. The quantitative estimate of drug-likeness (QED) is 0.638. The zero-order valence-corrected chi connectivity index (χ0v) is 10.5. The highest BCUT2D eigenvalue weighted by Gasteiger charge is 2.37. The van der Waals surface area contributed by atoms with Gasteiger partial charge in [0.05, 0.1) is 11.3 Å². The summed E-state index contributed by atoms with van der Waals surface area (Å²) in [5.41, 5.74) is 8.51. The largest absolute Gasteiger partial charge is 0.478 e. The van der Waals surface area contributed by atoms with Crippen LogP contribution in [0, 0.1) is 0 Å². The molecule has 0 bridgehead atoms. The first-order valence-corrected chi connectivity index (χ1v) is 5.86. The van der Waals surface area contributed by atoms with Crippen molar-refractivity contribution in [3.63, 3.8) is 0 Å². The van der Waals surface area contributed by atoms with E-state index in [0.29, 0.717) is 5.69 Å². The lowest BCUT2D eigenvalue weighted by Gasteiger charge is -2.02. The van der Waals surface area contributed by atoms with Crippen molar-refractivity contribution < 1.29 is 19.5 Å². The molecule has 0 fully saturated rings. The number of carboxylic acids is 1. The number of hydrogen-bond acceptors (Lipinski definition) is 4. The lowest BCUT2D eigenvalue weighted by Crippen LogP contribution is -2.22. The highest BCUT2D eigenvalue weighted by molar-refractivity contribution is 6.52. The van der Waals surface area contributed by atoms with Gasteiger partial charge in [-0.2, -0.15) is 9.59 Å². The van der Waals surface area contributed by atoms with Crippen molar-refractivity contribution in [1.29, 1.82) is 0 Å². The van der Waals surface area contributed by atoms with Crippen LogP contribution in [0.1, 0.15) is 16.2 Å². The summed E-state index contributed by atoms with van der Waals surface area (Å²) in [6.07, 6.45) is 0.969. The number of para-hydroxylation sites is 1. The third-order valence-corrected chi connectivity index (χ3v) is 2.92. The first-order valence-electron chi connectivity index (χ1n) is 5.86. The van der Waals surface area contributed by atoms with Crippen LogP contribution in [0.2, 0.25) is 0 Å². The monoisotopic (exact) mass is 281 g/mol. The van der Waals surface area contributed by atoms with Gasteiger partial charge in [0.2, 0.25) is 0 Å². The molecule has 1 aliphatic rings. The molecule has 0 saturated carbocycles. The fourth-order valence-electron chi connectivity index (χ4n) is 1.95. The summed E-state index contributed by atoms with van der Waals surface area (Å²) in [6.45, 7) is 0. The van der Waals surface area contributed by atoms with Gasteiger partial charge in [-0.15, -0.1) is 10.2 Å². The van der Waals surface area contributed by atoms with E-state index in [4.69, 9.17) is 5.53 Å². The van der Waals surface area contributed by atoms with E-state index in [0.717, 1.165) is 6.08 Å². The average molecular weight is 281 g/mol. The highest BCUT2D eigenvalue weighted by Crippen LogP contribution is 2.23. The van der Waals surface area contributed by atoms with Crippen LogP contribution < -0.4 is 0 Å². The molecule has 0 radical (unpaired) electrons. The second-order valence-corrected chi connectivity index (χ2v) is 4.20. The molecule has 102 valence electrons. The summed E-state index contributed by atoms with van der Waals surface area (Å²) >= 11 is 0. The maximum Gasteiger partial charge on any atom is 0.365 e. The van der Waals surface area contributed by atoms with Crippen molar-refractivity contribution in [2.24, 2.45) is 0 Å². The smallest absolute Gasteiger partial charge is 0.365 e. The summed E-state index contributed by atoms with van der Waals surface area (Å²) in [5.74, 6) is -1.97. The number of fused-ring (bicyclic) bond motifs is 1. The number of allylic oxidation sites excluding steroid dienone is 1. The maximum absolute atomic E-state index is 12.0. The highest BCUT2D eigenvalue weighted by atomic mass is 16.4. The van der Waals surface area contributed by atoms with Crippen LogP contribution in [-0.4, -0.2) is 42.4 Å². The van der Waals surface area contributed by atoms with Crippen molar-refractivity contribution in [1.82, 2.24) is 15.0 Å². The van der Waals surface area contributed by atoms with E-state index in [1.54, 1.807) is 30.3 Å². The van der Waals surface area contributed by atoms with Gasteiger partial charge in [0, 0.05) is 6.08 Å². The lowest BCUT2D eigenvalue weighted by molar-refractivity contribution is -0.130. The molecule has 8 heteroatoms. The van der Waals surface area contributed by atoms with Crippen LogP contribution in [0.3, 0.4) is 0 Å². The molecule has 1 heterocycles. The number of ketones is 1. The summed E-state index contributed by atoms with van der Waals surface area (Å²) in [5, 5.41) is 17.2. The Labute approximate surface area is 117 Å². The van der Waals surface area contributed by atoms with Crippen molar-refractivity contribution in [3.05, 3.63) is 53.3 Å². The molecule has 1 N–H and O–H groups in total. The fraction of sp³-hybridized carbons (Fsp3) is 0. The van der Waals surface area contributed by atoms with Gasteiger partial charge in [-0.05, 0) is 12.1 Å². The zero-order valence-electron chi connectivity index (χ0n) is 10.5. The summed E-state index contributed by atoms with van der Waals surface area (Å²) < 4.78 is 0. The van der Waals surface area contributed by atoms with E-state index in [2.05, 4.69) is 15.0 Å². The number of hydrogen-bond donors (Lipinski definition) is 1. The number of rotatable bonds is 2. The van der Waals surface area contributed by atoms with E-state index in [1.807, 2.05) is 0 Å². The van der Waals surface area contributed by atoms with Crippen LogP contribution in [0.5, 0.6) is 0 Å². The van der Waals surface area contributed by atoms with Crippen LogP contribution in [-0.2, 0) is 4.79 Å². The van der Waals surface area contributed by atoms with Crippen molar-refractivity contribution >= 4 is 23.0 Å². The molecule has 0 unspecified atom stereocenters. The average Bonchev–Trinajstić information content (AvgIpc) is 2.94. The zero-order chi connectivity index (χ0) is 15.0. The second-order valence-electron chi connectivity index (χ2n) is 4.20. The summed E-state index contributed by atoms with van der Waals surface area (Å²) in [7, 11) is 0. The second kappa shape index (κ2) is 4.62. The Morgan fingerprint density at radius 3 is 2.48 bits per heavy atom. The molecule has 8 nitrogen and oxygen atoms in total. The van der Waals surface area contributed by atoms with Gasteiger partial charge < -0.3 is 10.6 Å². The Bertz CT molecular complexity index is 844. The van der Waals surface area contributed by atoms with Crippen LogP contribution in [0.15, 0.2) is 36.4 Å². The van der Waals surface area contributed by atoms with Crippen LogP contribution in [0.25, 0.3) is 16.8 Å². The van der Waals surface area contributed by atoms with Crippen molar-refractivity contribution in [2.45, 2.75) is 0 Å². The van der Waals surface area contributed by atoms with E-state index < -0.39 is 11.8 Å². The number of nitrogens with zero attached hydrogens (tertiary/aromatic N) is 5. The van der Waals surface area contributed by atoms with Gasteiger partial charge in [0.25, 0.3) is 5.78 Å². The molecule has 1 aliphatic carbocycles. The number of aliphatic carboxylic acids is 1. The fourth-order valence-corrected chi connectivity index (χ4v) is 1.95. The number of carbonyl (C=O) groups excluding carboxylic acids is 1. The maximum atomic E-state index is 12.0. The van der Waals surface area contributed by atoms with E-state index in [-0.39, 0.29) is 22.7 Å². The first-order chi connectivity index (χ1) is 10.1. The van der Waals surface area contributed by atoms with E-state index >= 15 is 0 Å². The topological polar surface area (TPSA) is 121 Å². The minimum Gasteiger partial charge on any atom is -0.478 e. The molecular formula is C13H7N5O3. The number of carboxylic acid groups (broad SMARTS) is 1. The number of aromatic nitrogens is 3. The SMILES string of the molecule is [N-]=[N+]=C1C=C(C(=O)O)c2nn(-c3ccccc3)nc2C1=O. The third-order valence-electron chi connectivity index (χ3n) is 2.92. The van der Waals surface area contributed by atoms with Gasteiger partial charge >= 0.3 is 11.7 Å². The van der Waals surface area contributed by atoms with E-state index in [1.165, 1.54) is 4.80 Å². The molecule has 3 rings (SSSR count). The Balaban J connectivity index is 2.22. The molecule has 0 amide bonds. The van der Waals surface area contributed by atoms with Gasteiger partial charge in [0.1, 0.15) is 5.69 Å². The van der Waals surface area contributed by atoms with E-state index in [9.17, 15) is 14.7 Å². The molecular weight excluding hydrogens is 274 g/mol.